The highest BCUT2D eigenvalue weighted by Crippen LogP contribution is 2.34. The highest BCUT2D eigenvalue weighted by molar-refractivity contribution is 5.76. The smallest absolute Gasteiger partial charge is 0.238 e. The fraction of sp³-hybridized carbons (Fsp3) is 0.640. The summed E-state index contributed by atoms with van der Waals surface area (Å²) < 4.78 is 6.18. The lowest BCUT2D eigenvalue weighted by Gasteiger charge is -2.34. The van der Waals surface area contributed by atoms with Crippen LogP contribution in [0.1, 0.15) is 87.2 Å². The van der Waals surface area contributed by atoms with E-state index in [4.69, 9.17) is 4.42 Å². The highest BCUT2D eigenvalue weighted by Gasteiger charge is 2.33. The summed E-state index contributed by atoms with van der Waals surface area (Å²) in [5, 5.41) is 8.81. The van der Waals surface area contributed by atoms with Crippen molar-refractivity contribution >= 4 is 5.91 Å². The third kappa shape index (κ3) is 5.53. The van der Waals surface area contributed by atoms with Gasteiger partial charge in [0.15, 0.2) is 0 Å². The van der Waals surface area contributed by atoms with Gasteiger partial charge in [0.2, 0.25) is 17.7 Å². The summed E-state index contributed by atoms with van der Waals surface area (Å²) in [6.45, 7) is 10.2. The van der Waals surface area contributed by atoms with Gasteiger partial charge in [0.25, 0.3) is 0 Å². The molecule has 0 N–H and O–H groups in total. The number of rotatable bonds is 6. The summed E-state index contributed by atoms with van der Waals surface area (Å²) in [5.41, 5.74) is 2.67. The van der Waals surface area contributed by atoms with Gasteiger partial charge in [-0.25, -0.2) is 0 Å². The van der Waals surface area contributed by atoms with Crippen molar-refractivity contribution in [3.63, 3.8) is 0 Å². The molecule has 6 heteroatoms. The van der Waals surface area contributed by atoms with Gasteiger partial charge in [0, 0.05) is 25.4 Å². The van der Waals surface area contributed by atoms with Crippen LogP contribution in [0.2, 0.25) is 0 Å². The van der Waals surface area contributed by atoms with Crippen LogP contribution in [0, 0.1) is 12.8 Å². The lowest BCUT2D eigenvalue weighted by atomic mass is 9.96. The summed E-state index contributed by atoms with van der Waals surface area (Å²) in [5.74, 6) is 2.28. The van der Waals surface area contributed by atoms with Crippen molar-refractivity contribution in [3.05, 3.63) is 47.2 Å². The van der Waals surface area contributed by atoms with E-state index in [2.05, 4.69) is 60.1 Å². The Balaban J connectivity index is 1.35. The van der Waals surface area contributed by atoms with Crippen LogP contribution in [0.4, 0.5) is 0 Å². The predicted molar refractivity (Wildman–Crippen MR) is 120 cm³/mol. The first-order valence-corrected chi connectivity index (χ1v) is 11.9. The van der Waals surface area contributed by atoms with Crippen molar-refractivity contribution in [3.8, 4) is 0 Å². The Morgan fingerprint density at radius 1 is 1.03 bits per heavy atom. The molecule has 31 heavy (non-hydrogen) atoms. The van der Waals surface area contributed by atoms with E-state index in [0.717, 1.165) is 64.2 Å². The van der Waals surface area contributed by atoms with E-state index in [-0.39, 0.29) is 11.9 Å². The summed E-state index contributed by atoms with van der Waals surface area (Å²) >= 11 is 0. The molecule has 2 aliphatic rings. The molecule has 2 saturated heterocycles. The van der Waals surface area contributed by atoms with E-state index in [9.17, 15) is 4.79 Å². The molecule has 1 aromatic carbocycles. The van der Waals surface area contributed by atoms with Gasteiger partial charge in [-0.1, -0.05) is 43.7 Å². The van der Waals surface area contributed by atoms with Crippen LogP contribution in [0.15, 0.2) is 28.7 Å². The molecule has 168 valence electrons. The predicted octanol–water partition coefficient (Wildman–Crippen LogP) is 4.86. The molecule has 1 aromatic heterocycles. The van der Waals surface area contributed by atoms with Crippen LogP contribution in [0.5, 0.6) is 0 Å². The van der Waals surface area contributed by atoms with Crippen molar-refractivity contribution in [2.24, 2.45) is 5.92 Å². The number of benzene rings is 1. The molecule has 0 bridgehead atoms. The number of aromatic nitrogens is 2. The number of amides is 1. The molecular formula is C25H36N4O2. The quantitative estimate of drug-likeness (QED) is 0.663. The van der Waals surface area contributed by atoms with E-state index in [0.29, 0.717) is 24.1 Å². The Morgan fingerprint density at radius 2 is 1.74 bits per heavy atom. The summed E-state index contributed by atoms with van der Waals surface area (Å²) in [6, 6.07) is 8.76. The normalized spacial score (nSPS) is 21.0. The molecule has 1 amide bonds. The first-order chi connectivity index (χ1) is 15.0. The zero-order chi connectivity index (χ0) is 21.8. The molecule has 0 spiro atoms. The molecule has 0 saturated carbocycles. The van der Waals surface area contributed by atoms with Crippen LogP contribution >= 0.6 is 0 Å². The Kier molecular flexibility index (Phi) is 7.06. The lowest BCUT2D eigenvalue weighted by molar-refractivity contribution is -0.136. The second kappa shape index (κ2) is 9.94. The first kappa shape index (κ1) is 22.0. The maximum atomic E-state index is 12.7. The Morgan fingerprint density at radius 3 is 2.45 bits per heavy atom. The molecule has 3 heterocycles. The van der Waals surface area contributed by atoms with Crippen LogP contribution in [-0.2, 0) is 11.3 Å². The highest BCUT2D eigenvalue weighted by atomic mass is 16.4. The number of nitrogens with zero attached hydrogens (tertiary/aromatic N) is 4. The van der Waals surface area contributed by atoms with E-state index in [1.807, 2.05) is 4.90 Å². The van der Waals surface area contributed by atoms with Gasteiger partial charge in [-0.2, -0.15) is 0 Å². The number of carbonyl (C=O) groups is 1. The average molecular weight is 425 g/mol. The molecule has 2 aliphatic heterocycles. The SMILES string of the molecule is Cc1ccc(CN2CCC(c3nnc([C@@H]4CCCCN4C(=O)CC(C)C)o3)CC2)cc1. The zero-order valence-corrected chi connectivity index (χ0v) is 19.2. The van der Waals surface area contributed by atoms with Crippen molar-refractivity contribution < 1.29 is 9.21 Å². The maximum absolute atomic E-state index is 12.7. The monoisotopic (exact) mass is 424 g/mol. The summed E-state index contributed by atoms with van der Waals surface area (Å²) in [4.78, 5) is 17.2. The summed E-state index contributed by atoms with van der Waals surface area (Å²) in [6.07, 6.45) is 5.73. The minimum absolute atomic E-state index is 0.0529. The summed E-state index contributed by atoms with van der Waals surface area (Å²) in [7, 11) is 0. The third-order valence-corrected chi connectivity index (χ3v) is 6.61. The van der Waals surface area contributed by atoms with Gasteiger partial charge < -0.3 is 9.32 Å². The van der Waals surface area contributed by atoms with Gasteiger partial charge in [0.1, 0.15) is 6.04 Å². The molecule has 0 aliphatic carbocycles. The minimum atomic E-state index is -0.0529. The Bertz CT molecular complexity index is 853. The van der Waals surface area contributed by atoms with E-state index >= 15 is 0 Å². The Hall–Kier alpha value is -2.21. The van der Waals surface area contributed by atoms with E-state index in [1.165, 1.54) is 11.1 Å². The van der Waals surface area contributed by atoms with E-state index in [1.54, 1.807) is 0 Å². The maximum Gasteiger partial charge on any atom is 0.238 e. The molecule has 2 fully saturated rings. The van der Waals surface area contributed by atoms with Crippen molar-refractivity contribution in [1.29, 1.82) is 0 Å². The first-order valence-electron chi connectivity index (χ1n) is 11.9. The molecule has 0 unspecified atom stereocenters. The molecule has 1 atom stereocenters. The van der Waals surface area contributed by atoms with E-state index < -0.39 is 0 Å². The molecule has 0 radical (unpaired) electrons. The van der Waals surface area contributed by atoms with Crippen LogP contribution < -0.4 is 0 Å². The van der Waals surface area contributed by atoms with Gasteiger partial charge in [-0.3, -0.25) is 9.69 Å². The van der Waals surface area contributed by atoms with Crippen LogP contribution in [0.25, 0.3) is 0 Å². The zero-order valence-electron chi connectivity index (χ0n) is 19.2. The van der Waals surface area contributed by atoms with Crippen molar-refractivity contribution in [1.82, 2.24) is 20.0 Å². The van der Waals surface area contributed by atoms with Crippen molar-refractivity contribution in [2.45, 2.75) is 77.8 Å². The van der Waals surface area contributed by atoms with Crippen LogP contribution in [0.3, 0.4) is 0 Å². The number of carbonyl (C=O) groups excluding carboxylic acids is 1. The number of likely N-dealkylation sites (tertiary alicyclic amines) is 2. The van der Waals surface area contributed by atoms with Crippen molar-refractivity contribution in [2.75, 3.05) is 19.6 Å². The number of aryl methyl sites for hydroxylation is 1. The van der Waals surface area contributed by atoms with Gasteiger partial charge in [0.05, 0.1) is 0 Å². The number of hydrogen-bond acceptors (Lipinski definition) is 5. The lowest BCUT2D eigenvalue weighted by Crippen LogP contribution is -2.39. The van der Waals surface area contributed by atoms with Gasteiger partial charge >= 0.3 is 0 Å². The number of hydrogen-bond donors (Lipinski definition) is 0. The third-order valence-electron chi connectivity index (χ3n) is 6.61. The minimum Gasteiger partial charge on any atom is -0.423 e. The second-order valence-corrected chi connectivity index (χ2v) is 9.71. The van der Waals surface area contributed by atoms with Crippen LogP contribution in [-0.4, -0.2) is 45.5 Å². The second-order valence-electron chi connectivity index (χ2n) is 9.71. The van der Waals surface area contributed by atoms with Gasteiger partial charge in [-0.05, 0) is 63.6 Å². The molecule has 6 nitrogen and oxygen atoms in total. The molecule has 4 rings (SSSR count). The largest absolute Gasteiger partial charge is 0.423 e. The molecule has 2 aromatic rings. The molecular weight excluding hydrogens is 388 g/mol. The average Bonchev–Trinajstić information content (AvgIpc) is 3.25. The Labute approximate surface area is 186 Å². The topological polar surface area (TPSA) is 62.5 Å². The fourth-order valence-corrected chi connectivity index (χ4v) is 4.79. The number of piperidine rings is 2. The fourth-order valence-electron chi connectivity index (χ4n) is 4.79. The standard InChI is InChI=1S/C25H36N4O2/c1-18(2)16-23(30)29-13-5-4-6-22(29)25-27-26-24(31-25)21-11-14-28(15-12-21)17-20-9-7-19(3)8-10-20/h7-10,18,21-22H,4-6,11-17H2,1-3H3/t22-/m0/s1. The van der Waals surface area contributed by atoms with Gasteiger partial charge in [-0.15, -0.1) is 10.2 Å².